The van der Waals surface area contributed by atoms with Gasteiger partial charge in [-0.1, -0.05) is 18.5 Å². The molecule has 0 amide bonds. The van der Waals surface area contributed by atoms with E-state index < -0.39 is 6.80 Å². The maximum absolute atomic E-state index is 12.0. The third-order valence-corrected chi connectivity index (χ3v) is 6.81. The molecule has 20 heavy (non-hydrogen) atoms. The summed E-state index contributed by atoms with van der Waals surface area (Å²) in [6.45, 7) is -0.135. The van der Waals surface area contributed by atoms with Crippen LogP contribution in [0.4, 0.5) is 0 Å². The van der Waals surface area contributed by atoms with Crippen LogP contribution >= 0.6 is 52.4 Å². The molecule has 110 valence electrons. The Bertz CT molecular complexity index is 642. The van der Waals surface area contributed by atoms with Crippen LogP contribution < -0.4 is 0 Å². The highest BCUT2D eigenvalue weighted by molar-refractivity contribution is 14.1. The summed E-state index contributed by atoms with van der Waals surface area (Å²) < 4.78 is 18.0. The molecule has 2 atom stereocenters. The fraction of sp³-hybridized carbons (Fsp3) is 0.364. The number of nitrogens with zero attached hydrogens (tertiary/aromatic N) is 1. The molecule has 2 N–H and O–H groups in total. The van der Waals surface area contributed by atoms with Crippen LogP contribution in [0.5, 0.6) is 0 Å². The topological polar surface area (TPSA) is 75.2 Å². The Morgan fingerprint density at radius 1 is 1.65 bits per heavy atom. The number of hydrogen-bond acceptors (Lipinski definition) is 4. The first-order valence-electron chi connectivity index (χ1n) is 5.86. The highest BCUT2D eigenvalue weighted by Crippen LogP contribution is 2.59. The van der Waals surface area contributed by atoms with Crippen LogP contribution in [-0.2, 0) is 9.09 Å². The molecule has 1 heterocycles. The fourth-order valence-corrected chi connectivity index (χ4v) is 4.72. The van der Waals surface area contributed by atoms with E-state index in [-0.39, 0.29) is 6.10 Å². The minimum absolute atomic E-state index is 0.280. The molecule has 0 saturated heterocycles. The van der Waals surface area contributed by atoms with E-state index in [4.69, 9.17) is 16.1 Å². The number of aromatic nitrogens is 2. The molecule has 9 heteroatoms. The number of aromatic amines is 1. The van der Waals surface area contributed by atoms with Crippen LogP contribution in [0.15, 0.2) is 17.3 Å². The highest BCUT2D eigenvalue weighted by Gasteiger charge is 2.26. The van der Waals surface area contributed by atoms with E-state index in [1.165, 1.54) is 0 Å². The minimum atomic E-state index is -3.78. The second kappa shape index (κ2) is 6.54. The smallest absolute Gasteiger partial charge is 0.332 e. The van der Waals surface area contributed by atoms with Gasteiger partial charge in [0.25, 0.3) is 0 Å². The molecule has 5 nitrogen and oxygen atoms in total. The Kier molecular flexibility index (Phi) is 5.42. The zero-order valence-electron chi connectivity index (χ0n) is 10.8. The van der Waals surface area contributed by atoms with Gasteiger partial charge in [-0.15, -0.1) is 0 Å². The van der Waals surface area contributed by atoms with E-state index in [0.29, 0.717) is 33.5 Å². The first-order valence-corrected chi connectivity index (χ1v) is 10.3. The molecule has 0 fully saturated rings. The molecular formula is C11H13ClIN2O3PS. The fourth-order valence-electron chi connectivity index (χ4n) is 1.46. The van der Waals surface area contributed by atoms with Gasteiger partial charge in [-0.25, -0.2) is 9.55 Å². The predicted molar refractivity (Wildman–Crippen MR) is 90.3 cm³/mol. The number of benzene rings is 1. The lowest BCUT2D eigenvalue weighted by Crippen LogP contribution is -2.02. The third-order valence-electron chi connectivity index (χ3n) is 2.59. The molecule has 0 aliphatic heterocycles. The number of nitrogens with one attached hydrogen (secondary N) is 1. The molecule has 1 aromatic heterocycles. The Morgan fingerprint density at radius 3 is 3.00 bits per heavy atom. The Balaban J connectivity index is 2.24. The van der Waals surface area contributed by atoms with Gasteiger partial charge in [0.05, 0.1) is 22.2 Å². The van der Waals surface area contributed by atoms with Crippen LogP contribution in [0.25, 0.3) is 11.0 Å². The SMILES string of the molecule is CCC(C)OP(=O)(O)Sc1nc2cc(I)c(Cl)cc2[nH]1. The van der Waals surface area contributed by atoms with Gasteiger partial charge < -0.3 is 9.88 Å². The normalized spacial score (nSPS) is 16.2. The van der Waals surface area contributed by atoms with E-state index in [1.54, 1.807) is 13.0 Å². The Hall–Kier alpha value is 0.210. The van der Waals surface area contributed by atoms with E-state index in [0.717, 1.165) is 9.09 Å². The van der Waals surface area contributed by atoms with Gasteiger partial charge in [0.15, 0.2) is 5.16 Å². The molecule has 0 spiro atoms. The van der Waals surface area contributed by atoms with Gasteiger partial charge in [0.1, 0.15) is 0 Å². The van der Waals surface area contributed by atoms with Gasteiger partial charge in [-0.2, -0.15) is 0 Å². The van der Waals surface area contributed by atoms with Crippen molar-refractivity contribution in [3.63, 3.8) is 0 Å². The number of H-pyrrole nitrogens is 1. The standard InChI is InChI=1S/C11H13ClIN2O3PS/c1-3-6(2)18-19(16,17)20-11-14-9-4-7(12)8(13)5-10(9)15-11/h4-6H,3H2,1-2H3,(H,14,15)(H,16,17). The predicted octanol–water partition coefficient (Wildman–Crippen LogP) is 4.83. The minimum Gasteiger partial charge on any atom is -0.332 e. The Labute approximate surface area is 139 Å². The van der Waals surface area contributed by atoms with Crippen LogP contribution in [0.1, 0.15) is 20.3 Å². The monoisotopic (exact) mass is 446 g/mol. The largest absolute Gasteiger partial charge is 0.394 e. The molecule has 2 unspecified atom stereocenters. The maximum atomic E-state index is 12.0. The van der Waals surface area contributed by atoms with Gasteiger partial charge >= 0.3 is 6.80 Å². The zero-order chi connectivity index (χ0) is 14.9. The average molecular weight is 447 g/mol. The third kappa shape index (κ3) is 4.11. The second-order valence-electron chi connectivity index (χ2n) is 4.21. The van der Waals surface area contributed by atoms with Crippen LogP contribution in [0, 0.1) is 3.57 Å². The number of imidazole rings is 1. The molecule has 0 aliphatic carbocycles. The van der Waals surface area contributed by atoms with Crippen LogP contribution in [0.3, 0.4) is 0 Å². The first-order chi connectivity index (χ1) is 9.30. The number of fused-ring (bicyclic) bond motifs is 1. The summed E-state index contributed by atoms with van der Waals surface area (Å²) in [7, 11) is 0. The van der Waals surface area contributed by atoms with Gasteiger partial charge in [-0.3, -0.25) is 4.52 Å². The van der Waals surface area contributed by atoms with Crippen molar-refractivity contribution < 1.29 is 14.0 Å². The highest BCUT2D eigenvalue weighted by atomic mass is 127. The van der Waals surface area contributed by atoms with Crippen molar-refractivity contribution in [3.8, 4) is 0 Å². The molecule has 0 saturated carbocycles. The summed E-state index contributed by atoms with van der Waals surface area (Å²) in [6, 6.07) is 3.56. The van der Waals surface area contributed by atoms with Crippen molar-refractivity contribution in [3.05, 3.63) is 20.7 Å². The summed E-state index contributed by atoms with van der Waals surface area (Å²) in [4.78, 5) is 17.0. The summed E-state index contributed by atoms with van der Waals surface area (Å²) in [6.07, 6.45) is 0.386. The molecule has 0 aliphatic rings. The lowest BCUT2D eigenvalue weighted by molar-refractivity contribution is 0.197. The molecule has 1 aromatic carbocycles. The second-order valence-corrected chi connectivity index (χ2v) is 9.43. The van der Waals surface area contributed by atoms with Gasteiger partial charge in [0, 0.05) is 15.0 Å². The van der Waals surface area contributed by atoms with Crippen molar-refractivity contribution in [1.29, 1.82) is 0 Å². The summed E-state index contributed by atoms with van der Waals surface area (Å²) >= 11 is 8.84. The van der Waals surface area contributed by atoms with Crippen LogP contribution in [-0.4, -0.2) is 21.0 Å². The molecular weight excluding hydrogens is 434 g/mol. The summed E-state index contributed by atoms with van der Waals surface area (Å²) in [5, 5.41) is 0.952. The lowest BCUT2D eigenvalue weighted by Gasteiger charge is -2.14. The van der Waals surface area contributed by atoms with Gasteiger partial charge in [-0.05, 0) is 48.1 Å². The maximum Gasteiger partial charge on any atom is 0.394 e. The molecule has 0 radical (unpaired) electrons. The quantitative estimate of drug-likeness (QED) is 0.508. The lowest BCUT2D eigenvalue weighted by atomic mass is 10.3. The van der Waals surface area contributed by atoms with E-state index in [1.807, 2.05) is 13.0 Å². The number of halogens is 2. The van der Waals surface area contributed by atoms with Crippen LogP contribution in [0.2, 0.25) is 5.02 Å². The van der Waals surface area contributed by atoms with Crippen molar-refractivity contribution in [2.75, 3.05) is 0 Å². The molecule has 2 aromatic rings. The van der Waals surface area contributed by atoms with Crippen molar-refractivity contribution >= 4 is 63.4 Å². The molecule has 0 bridgehead atoms. The first kappa shape index (κ1) is 16.6. The summed E-state index contributed by atoms with van der Waals surface area (Å²) in [5.74, 6) is 0. The molecule has 2 rings (SSSR count). The number of hydrogen-bond donors (Lipinski definition) is 2. The Morgan fingerprint density at radius 2 is 2.35 bits per heavy atom. The van der Waals surface area contributed by atoms with E-state index in [9.17, 15) is 9.46 Å². The van der Waals surface area contributed by atoms with Crippen molar-refractivity contribution in [1.82, 2.24) is 9.97 Å². The number of rotatable bonds is 5. The van der Waals surface area contributed by atoms with Gasteiger partial charge in [0.2, 0.25) is 0 Å². The summed E-state index contributed by atoms with van der Waals surface area (Å²) in [5.41, 5.74) is 1.42. The van der Waals surface area contributed by atoms with Crippen molar-refractivity contribution in [2.45, 2.75) is 31.5 Å². The average Bonchev–Trinajstić information content (AvgIpc) is 2.69. The van der Waals surface area contributed by atoms with E-state index >= 15 is 0 Å². The van der Waals surface area contributed by atoms with Crippen molar-refractivity contribution in [2.24, 2.45) is 0 Å². The van der Waals surface area contributed by atoms with E-state index in [2.05, 4.69) is 32.6 Å². The zero-order valence-corrected chi connectivity index (χ0v) is 15.4.